The molecule has 2 N–H and O–H groups in total. The maximum atomic E-state index is 11.6. The zero-order valence-corrected chi connectivity index (χ0v) is 13.2. The van der Waals surface area contributed by atoms with Crippen molar-refractivity contribution in [1.29, 1.82) is 0 Å². The number of nitrogens with two attached hydrogens (primary N) is 1. The smallest absolute Gasteiger partial charge is 0.273 e. The molecule has 1 aromatic carbocycles. The van der Waals surface area contributed by atoms with Gasteiger partial charge in [0.15, 0.2) is 0 Å². The van der Waals surface area contributed by atoms with Crippen LogP contribution >= 0.6 is 23.2 Å². The van der Waals surface area contributed by atoms with E-state index < -0.39 is 10.0 Å². The molecule has 0 radical (unpaired) electrons. The Labute approximate surface area is 131 Å². The number of benzene rings is 1. The molecule has 1 aliphatic carbocycles. The molecule has 1 heterocycles. The van der Waals surface area contributed by atoms with E-state index in [1.807, 2.05) is 6.07 Å². The highest BCUT2D eigenvalue weighted by molar-refractivity contribution is 7.89. The van der Waals surface area contributed by atoms with Crippen LogP contribution in [0.2, 0.25) is 10.0 Å². The molecule has 1 aliphatic rings. The van der Waals surface area contributed by atoms with Gasteiger partial charge < -0.3 is 0 Å². The average Bonchev–Trinajstić information content (AvgIpc) is 3.14. The second kappa shape index (κ2) is 5.24. The van der Waals surface area contributed by atoms with Gasteiger partial charge in [0.25, 0.3) is 15.2 Å². The number of hydrogen-bond acceptors (Lipinski definition) is 4. The number of aromatic nitrogens is 3. The minimum Gasteiger partial charge on any atom is -0.297 e. The summed E-state index contributed by atoms with van der Waals surface area (Å²) in [5.74, 6) is 0.555. The van der Waals surface area contributed by atoms with Crippen molar-refractivity contribution in [3.8, 4) is 0 Å². The van der Waals surface area contributed by atoms with Crippen LogP contribution in [0.3, 0.4) is 0 Å². The zero-order chi connectivity index (χ0) is 15.2. The predicted molar refractivity (Wildman–Crippen MR) is 78.9 cm³/mol. The van der Waals surface area contributed by atoms with E-state index in [0.29, 0.717) is 22.3 Å². The van der Waals surface area contributed by atoms with Gasteiger partial charge in [-0.15, -0.1) is 10.2 Å². The molecule has 112 valence electrons. The van der Waals surface area contributed by atoms with Crippen LogP contribution in [0, 0.1) is 0 Å². The molecule has 21 heavy (non-hydrogen) atoms. The highest BCUT2D eigenvalue weighted by Crippen LogP contribution is 2.37. The van der Waals surface area contributed by atoms with E-state index in [1.165, 1.54) is 0 Å². The average molecular weight is 347 g/mol. The van der Waals surface area contributed by atoms with Crippen LogP contribution in [0.4, 0.5) is 0 Å². The molecule has 1 fully saturated rings. The van der Waals surface area contributed by atoms with Crippen molar-refractivity contribution < 1.29 is 8.42 Å². The fourth-order valence-corrected chi connectivity index (χ4v) is 3.16. The Morgan fingerprint density at radius 3 is 2.52 bits per heavy atom. The molecule has 0 saturated heterocycles. The maximum absolute atomic E-state index is 11.6. The summed E-state index contributed by atoms with van der Waals surface area (Å²) in [4.78, 5) is 0. The quantitative estimate of drug-likeness (QED) is 0.918. The first-order valence-electron chi connectivity index (χ1n) is 6.27. The summed E-state index contributed by atoms with van der Waals surface area (Å²) in [6.45, 7) is 0. The molecule has 3 rings (SSSR count). The molecule has 0 amide bonds. The molecular weight excluding hydrogens is 335 g/mol. The fourth-order valence-electron chi connectivity index (χ4n) is 2.15. The van der Waals surface area contributed by atoms with Gasteiger partial charge in [-0.3, -0.25) is 4.57 Å². The molecule has 0 atom stereocenters. The second-order valence-electron chi connectivity index (χ2n) is 4.97. The van der Waals surface area contributed by atoms with Gasteiger partial charge in [0, 0.05) is 12.5 Å². The van der Waals surface area contributed by atoms with Gasteiger partial charge >= 0.3 is 0 Å². The minimum absolute atomic E-state index is 0.103. The normalized spacial score (nSPS) is 15.4. The molecule has 0 bridgehead atoms. The lowest BCUT2D eigenvalue weighted by Crippen LogP contribution is -2.19. The Morgan fingerprint density at radius 2 is 1.95 bits per heavy atom. The summed E-state index contributed by atoms with van der Waals surface area (Å²) in [7, 11) is -3.88. The van der Waals surface area contributed by atoms with Crippen molar-refractivity contribution >= 4 is 33.2 Å². The standard InChI is InChI=1S/C12H12Cl2N4O2S/c13-9-4-1-7(5-10(9)14)6-11-16-17-12(21(15,19)20)18(11)8-2-3-8/h1,4-5,8H,2-3,6H2,(H2,15,19,20). The van der Waals surface area contributed by atoms with Gasteiger partial charge in [0.2, 0.25) is 0 Å². The topological polar surface area (TPSA) is 90.9 Å². The van der Waals surface area contributed by atoms with Crippen LogP contribution in [-0.2, 0) is 16.4 Å². The van der Waals surface area contributed by atoms with E-state index in [9.17, 15) is 8.42 Å². The van der Waals surface area contributed by atoms with Gasteiger partial charge in [-0.05, 0) is 30.5 Å². The minimum atomic E-state index is -3.88. The SMILES string of the molecule is NS(=O)(=O)c1nnc(Cc2ccc(Cl)c(Cl)c2)n1C1CC1. The first-order valence-corrected chi connectivity index (χ1v) is 8.57. The van der Waals surface area contributed by atoms with Crippen LogP contribution in [0.1, 0.15) is 30.3 Å². The summed E-state index contributed by atoms with van der Waals surface area (Å²) < 4.78 is 24.7. The summed E-state index contributed by atoms with van der Waals surface area (Å²) in [6, 6.07) is 5.34. The van der Waals surface area contributed by atoms with Crippen molar-refractivity contribution in [3.63, 3.8) is 0 Å². The third kappa shape index (κ3) is 3.06. The number of nitrogens with zero attached hydrogens (tertiary/aromatic N) is 3. The summed E-state index contributed by atoms with van der Waals surface area (Å²) in [5, 5.41) is 13.6. The zero-order valence-electron chi connectivity index (χ0n) is 10.8. The fraction of sp³-hybridized carbons (Fsp3) is 0.333. The van der Waals surface area contributed by atoms with Crippen molar-refractivity contribution in [2.75, 3.05) is 0 Å². The van der Waals surface area contributed by atoms with Gasteiger partial charge in [0.1, 0.15) is 5.82 Å². The van der Waals surface area contributed by atoms with E-state index in [2.05, 4.69) is 10.2 Å². The second-order valence-corrected chi connectivity index (χ2v) is 7.24. The third-order valence-corrected chi connectivity index (χ3v) is 4.77. The lowest BCUT2D eigenvalue weighted by molar-refractivity contribution is 0.560. The predicted octanol–water partition coefficient (Wildman–Crippen LogP) is 2.16. The van der Waals surface area contributed by atoms with Gasteiger partial charge in [-0.2, -0.15) is 0 Å². The number of hydrogen-bond donors (Lipinski definition) is 1. The van der Waals surface area contributed by atoms with Crippen molar-refractivity contribution in [3.05, 3.63) is 39.6 Å². The van der Waals surface area contributed by atoms with Crippen molar-refractivity contribution in [2.45, 2.75) is 30.5 Å². The van der Waals surface area contributed by atoms with E-state index in [4.69, 9.17) is 28.3 Å². The Hall–Kier alpha value is -1.15. The lowest BCUT2D eigenvalue weighted by atomic mass is 10.1. The number of rotatable bonds is 4. The van der Waals surface area contributed by atoms with Crippen LogP contribution in [0.25, 0.3) is 0 Å². The van der Waals surface area contributed by atoms with Crippen molar-refractivity contribution in [2.24, 2.45) is 5.14 Å². The third-order valence-electron chi connectivity index (χ3n) is 3.25. The molecule has 0 aliphatic heterocycles. The Kier molecular flexibility index (Phi) is 3.69. The van der Waals surface area contributed by atoms with Crippen LogP contribution in [-0.4, -0.2) is 23.2 Å². The Bertz CT molecular complexity index is 800. The first-order chi connectivity index (χ1) is 9.86. The Balaban J connectivity index is 1.99. The molecule has 2 aromatic rings. The number of halogens is 2. The molecule has 9 heteroatoms. The molecule has 1 saturated carbocycles. The first kappa shape index (κ1) is 14.8. The number of primary sulfonamides is 1. The molecule has 6 nitrogen and oxygen atoms in total. The molecular formula is C12H12Cl2N4O2S. The number of sulfonamides is 1. The largest absolute Gasteiger partial charge is 0.297 e. The van der Waals surface area contributed by atoms with Gasteiger partial charge in [-0.25, -0.2) is 13.6 Å². The van der Waals surface area contributed by atoms with Crippen LogP contribution in [0.15, 0.2) is 23.4 Å². The summed E-state index contributed by atoms with van der Waals surface area (Å²) in [6.07, 6.45) is 2.21. The van der Waals surface area contributed by atoms with Crippen LogP contribution in [0.5, 0.6) is 0 Å². The highest BCUT2D eigenvalue weighted by atomic mass is 35.5. The van der Waals surface area contributed by atoms with E-state index in [-0.39, 0.29) is 11.2 Å². The molecule has 1 aromatic heterocycles. The van der Waals surface area contributed by atoms with E-state index >= 15 is 0 Å². The lowest BCUT2D eigenvalue weighted by Gasteiger charge is -2.08. The van der Waals surface area contributed by atoms with Crippen LogP contribution < -0.4 is 5.14 Å². The monoisotopic (exact) mass is 346 g/mol. The molecule has 0 unspecified atom stereocenters. The summed E-state index contributed by atoms with van der Waals surface area (Å²) >= 11 is 11.9. The van der Waals surface area contributed by atoms with E-state index in [1.54, 1.807) is 16.7 Å². The van der Waals surface area contributed by atoms with Gasteiger partial charge in [-0.1, -0.05) is 29.3 Å². The molecule has 0 spiro atoms. The Morgan fingerprint density at radius 1 is 1.24 bits per heavy atom. The maximum Gasteiger partial charge on any atom is 0.273 e. The van der Waals surface area contributed by atoms with Crippen molar-refractivity contribution in [1.82, 2.24) is 14.8 Å². The highest BCUT2D eigenvalue weighted by Gasteiger charge is 2.33. The van der Waals surface area contributed by atoms with Gasteiger partial charge in [0.05, 0.1) is 10.0 Å². The summed E-state index contributed by atoms with van der Waals surface area (Å²) in [5.41, 5.74) is 0.875. The van der Waals surface area contributed by atoms with E-state index in [0.717, 1.165) is 18.4 Å².